The van der Waals surface area contributed by atoms with Gasteiger partial charge in [0.15, 0.2) is 0 Å². The third kappa shape index (κ3) is 3.76. The molecule has 5 heteroatoms. The van der Waals surface area contributed by atoms with Gasteiger partial charge in [-0.2, -0.15) is 13.2 Å². The number of nitrogens with two attached hydrogens (primary N) is 1. The summed E-state index contributed by atoms with van der Waals surface area (Å²) in [6.45, 7) is 1.04. The van der Waals surface area contributed by atoms with Crippen LogP contribution in [0.1, 0.15) is 16.7 Å². The molecule has 0 saturated heterocycles. The maximum absolute atomic E-state index is 12.5. The number of halogens is 3. The average Bonchev–Trinajstić information content (AvgIpc) is 2.47. The maximum Gasteiger partial charge on any atom is 0.416 e. The van der Waals surface area contributed by atoms with Crippen LogP contribution in [0.15, 0.2) is 48.5 Å². The van der Waals surface area contributed by atoms with Crippen LogP contribution in [0.2, 0.25) is 0 Å². The van der Waals surface area contributed by atoms with Crippen molar-refractivity contribution in [3.8, 4) is 0 Å². The minimum Gasteiger partial charge on any atom is -0.370 e. The van der Waals surface area contributed by atoms with Crippen LogP contribution in [0.25, 0.3) is 0 Å². The fourth-order valence-electron chi connectivity index (χ4n) is 2.16. The Kier molecular flexibility index (Phi) is 4.53. The van der Waals surface area contributed by atoms with E-state index in [-0.39, 0.29) is 0 Å². The van der Waals surface area contributed by atoms with Gasteiger partial charge in [-0.15, -0.1) is 0 Å². The van der Waals surface area contributed by atoms with Crippen LogP contribution in [-0.4, -0.2) is 7.05 Å². The molecule has 0 aromatic heterocycles. The SMILES string of the molecule is CN(Cc1ccccc1CN)c1ccc(C(F)(F)F)cc1. The molecule has 2 aromatic rings. The van der Waals surface area contributed by atoms with Gasteiger partial charge < -0.3 is 10.6 Å². The second-order valence-corrected chi connectivity index (χ2v) is 4.87. The molecule has 0 radical (unpaired) electrons. The molecule has 0 atom stereocenters. The van der Waals surface area contributed by atoms with Crippen LogP contribution in [0.3, 0.4) is 0 Å². The van der Waals surface area contributed by atoms with Crippen molar-refractivity contribution in [2.24, 2.45) is 5.73 Å². The van der Waals surface area contributed by atoms with Gasteiger partial charge in [-0.1, -0.05) is 24.3 Å². The largest absolute Gasteiger partial charge is 0.416 e. The monoisotopic (exact) mass is 294 g/mol. The van der Waals surface area contributed by atoms with Crippen molar-refractivity contribution in [3.63, 3.8) is 0 Å². The highest BCUT2D eigenvalue weighted by molar-refractivity contribution is 5.48. The number of rotatable bonds is 4. The van der Waals surface area contributed by atoms with Crippen LogP contribution in [0.4, 0.5) is 18.9 Å². The molecule has 0 saturated carbocycles. The first kappa shape index (κ1) is 15.4. The van der Waals surface area contributed by atoms with E-state index in [1.807, 2.05) is 36.2 Å². The summed E-state index contributed by atoms with van der Waals surface area (Å²) in [4.78, 5) is 1.90. The zero-order valence-corrected chi connectivity index (χ0v) is 11.7. The number of hydrogen-bond acceptors (Lipinski definition) is 2. The van der Waals surface area contributed by atoms with Gasteiger partial charge in [-0.3, -0.25) is 0 Å². The van der Waals surface area contributed by atoms with Crippen molar-refractivity contribution in [2.45, 2.75) is 19.3 Å². The summed E-state index contributed by atoms with van der Waals surface area (Å²) < 4.78 is 37.6. The fourth-order valence-corrected chi connectivity index (χ4v) is 2.16. The molecule has 112 valence electrons. The zero-order chi connectivity index (χ0) is 15.5. The molecule has 0 amide bonds. The summed E-state index contributed by atoms with van der Waals surface area (Å²) >= 11 is 0. The molecule has 0 unspecified atom stereocenters. The minimum absolute atomic E-state index is 0.441. The first-order valence-corrected chi connectivity index (χ1v) is 6.57. The molecule has 0 aliphatic heterocycles. The Morgan fingerprint density at radius 3 is 2.05 bits per heavy atom. The van der Waals surface area contributed by atoms with Crippen LogP contribution >= 0.6 is 0 Å². The maximum atomic E-state index is 12.5. The number of benzene rings is 2. The van der Waals surface area contributed by atoms with Crippen LogP contribution in [0, 0.1) is 0 Å². The van der Waals surface area contributed by atoms with Crippen molar-refractivity contribution in [1.29, 1.82) is 0 Å². The molecule has 0 heterocycles. The molecular formula is C16H17F3N2. The molecule has 2 rings (SSSR count). The van der Waals surface area contributed by atoms with E-state index in [2.05, 4.69) is 0 Å². The van der Waals surface area contributed by atoms with Crippen molar-refractivity contribution >= 4 is 5.69 Å². The Hall–Kier alpha value is -2.01. The third-order valence-electron chi connectivity index (χ3n) is 3.38. The summed E-state index contributed by atoms with van der Waals surface area (Å²) in [5.74, 6) is 0. The van der Waals surface area contributed by atoms with E-state index in [0.717, 1.165) is 28.9 Å². The topological polar surface area (TPSA) is 29.3 Å². The predicted molar refractivity (Wildman–Crippen MR) is 77.9 cm³/mol. The Morgan fingerprint density at radius 1 is 0.952 bits per heavy atom. The molecular weight excluding hydrogens is 277 g/mol. The lowest BCUT2D eigenvalue weighted by molar-refractivity contribution is -0.137. The van der Waals surface area contributed by atoms with Gasteiger partial charge in [0.25, 0.3) is 0 Å². The summed E-state index contributed by atoms with van der Waals surface area (Å²) in [6, 6.07) is 12.9. The van der Waals surface area contributed by atoms with E-state index in [9.17, 15) is 13.2 Å². The summed E-state index contributed by atoms with van der Waals surface area (Å²) in [5, 5.41) is 0. The third-order valence-corrected chi connectivity index (χ3v) is 3.38. The van der Waals surface area contributed by atoms with Gasteiger partial charge in [0.2, 0.25) is 0 Å². The van der Waals surface area contributed by atoms with Gasteiger partial charge in [-0.25, -0.2) is 0 Å². The lowest BCUT2D eigenvalue weighted by Gasteiger charge is -2.21. The van der Waals surface area contributed by atoms with Crippen molar-refractivity contribution < 1.29 is 13.2 Å². The molecule has 0 bridgehead atoms. The quantitative estimate of drug-likeness (QED) is 0.929. The van der Waals surface area contributed by atoms with Crippen molar-refractivity contribution in [1.82, 2.24) is 0 Å². The smallest absolute Gasteiger partial charge is 0.370 e. The van der Waals surface area contributed by atoms with Gasteiger partial charge >= 0.3 is 6.18 Å². The van der Waals surface area contributed by atoms with Crippen LogP contribution in [-0.2, 0) is 19.3 Å². The normalized spacial score (nSPS) is 11.5. The lowest BCUT2D eigenvalue weighted by Crippen LogP contribution is -2.18. The zero-order valence-electron chi connectivity index (χ0n) is 11.7. The molecule has 0 fully saturated rings. The Balaban J connectivity index is 2.15. The average molecular weight is 294 g/mol. The first-order valence-electron chi connectivity index (χ1n) is 6.57. The van der Waals surface area contributed by atoms with Crippen molar-refractivity contribution in [3.05, 3.63) is 65.2 Å². The van der Waals surface area contributed by atoms with Gasteiger partial charge in [-0.05, 0) is 35.4 Å². The van der Waals surface area contributed by atoms with Crippen molar-refractivity contribution in [2.75, 3.05) is 11.9 Å². The number of anilines is 1. The highest BCUT2D eigenvalue weighted by Crippen LogP contribution is 2.30. The molecule has 0 spiro atoms. The molecule has 0 aliphatic rings. The Morgan fingerprint density at radius 2 is 1.52 bits per heavy atom. The van der Waals surface area contributed by atoms with E-state index in [1.54, 1.807) is 0 Å². The summed E-state index contributed by atoms with van der Waals surface area (Å²) in [6.07, 6.45) is -4.30. The standard InChI is InChI=1S/C16H17F3N2/c1-21(11-13-5-3-2-4-12(13)10-20)15-8-6-14(7-9-15)16(17,18)19/h2-9H,10-11,20H2,1H3. The molecule has 21 heavy (non-hydrogen) atoms. The van der Waals surface area contributed by atoms with Gasteiger partial charge in [0.05, 0.1) is 5.56 Å². The molecule has 2 N–H and O–H groups in total. The molecule has 2 aromatic carbocycles. The van der Waals surface area contributed by atoms with E-state index < -0.39 is 11.7 Å². The predicted octanol–water partition coefficient (Wildman–Crippen LogP) is 3.80. The Labute approximate surface area is 122 Å². The van der Waals surface area contributed by atoms with Gasteiger partial charge in [0.1, 0.15) is 0 Å². The van der Waals surface area contributed by atoms with Crippen LogP contribution in [0.5, 0.6) is 0 Å². The second kappa shape index (κ2) is 6.18. The molecule has 0 aliphatic carbocycles. The fraction of sp³-hybridized carbons (Fsp3) is 0.250. The van der Waals surface area contributed by atoms with Crippen LogP contribution < -0.4 is 10.6 Å². The highest BCUT2D eigenvalue weighted by atomic mass is 19.4. The lowest BCUT2D eigenvalue weighted by atomic mass is 10.1. The highest BCUT2D eigenvalue weighted by Gasteiger charge is 2.30. The summed E-state index contributed by atoms with van der Waals surface area (Å²) in [7, 11) is 1.84. The first-order chi connectivity index (χ1) is 9.91. The number of nitrogens with zero attached hydrogens (tertiary/aromatic N) is 1. The van der Waals surface area contributed by atoms with E-state index in [1.165, 1.54) is 12.1 Å². The molecule has 2 nitrogen and oxygen atoms in total. The van der Waals surface area contributed by atoms with E-state index >= 15 is 0 Å². The summed E-state index contributed by atoms with van der Waals surface area (Å²) in [5.41, 5.74) is 7.89. The van der Waals surface area contributed by atoms with E-state index in [0.29, 0.717) is 13.1 Å². The Bertz CT molecular complexity index is 591. The van der Waals surface area contributed by atoms with E-state index in [4.69, 9.17) is 5.73 Å². The second-order valence-electron chi connectivity index (χ2n) is 4.87. The minimum atomic E-state index is -4.30. The van der Waals surface area contributed by atoms with Gasteiger partial charge in [0, 0.05) is 25.8 Å². The number of alkyl halides is 3. The number of hydrogen-bond donors (Lipinski definition) is 1.